The first-order chi connectivity index (χ1) is 12.3. The average molecular weight is 468 g/mol. The van der Waals surface area contributed by atoms with E-state index in [1.54, 1.807) is 11.3 Å². The summed E-state index contributed by atoms with van der Waals surface area (Å²) in [5.74, 6) is 0. The molecule has 1 aliphatic rings. The first-order valence-electron chi connectivity index (χ1n) is 8.36. The number of hydrogen-bond acceptors (Lipinski definition) is 4. The molecule has 2 nitrogen and oxygen atoms in total. The van der Waals surface area contributed by atoms with Crippen molar-refractivity contribution in [1.29, 1.82) is 0 Å². The number of thiophene rings is 2. The third kappa shape index (κ3) is 4.24. The average Bonchev–Trinajstić information content (AvgIpc) is 3.32. The highest BCUT2D eigenvalue weighted by molar-refractivity contribution is 9.10. The van der Waals surface area contributed by atoms with Gasteiger partial charge in [-0.3, -0.25) is 0 Å². The van der Waals surface area contributed by atoms with E-state index in [9.17, 15) is 0 Å². The Morgan fingerprint density at radius 2 is 1.42 bits per heavy atom. The zero-order chi connectivity index (χ0) is 17.1. The van der Waals surface area contributed by atoms with Gasteiger partial charge in [0.1, 0.15) is 0 Å². The summed E-state index contributed by atoms with van der Waals surface area (Å²) in [6, 6.07) is 17.2. The Hall–Kier alpha value is -1.11. The molecule has 1 saturated heterocycles. The molecule has 1 aliphatic heterocycles. The molecule has 4 aromatic rings. The number of hydrogen-bond donors (Lipinski definition) is 1. The molecule has 6 heteroatoms. The monoisotopic (exact) mass is 466 g/mol. The van der Waals surface area contributed by atoms with Crippen LogP contribution in [0.5, 0.6) is 0 Å². The topological polar surface area (TPSA) is 15.3 Å². The SMILES string of the molecule is Brc1cccc2sccc12.Cl.c1cc(N2CCNCC2)c2ccsc2c1. The fraction of sp³-hybridized carbons (Fsp3) is 0.200. The van der Waals surface area contributed by atoms with Gasteiger partial charge >= 0.3 is 0 Å². The molecule has 0 unspecified atom stereocenters. The zero-order valence-corrected chi connectivity index (χ0v) is 18.2. The Bertz CT molecular complexity index is 976. The maximum Gasteiger partial charge on any atom is 0.0455 e. The molecule has 0 atom stereocenters. The first-order valence-corrected chi connectivity index (χ1v) is 10.9. The van der Waals surface area contributed by atoms with Crippen molar-refractivity contribution in [3.63, 3.8) is 0 Å². The summed E-state index contributed by atoms with van der Waals surface area (Å²) in [5, 5.41) is 10.4. The van der Waals surface area contributed by atoms with E-state index in [-0.39, 0.29) is 12.4 Å². The minimum atomic E-state index is 0. The van der Waals surface area contributed by atoms with Gasteiger partial charge in [-0.05, 0) is 47.2 Å². The normalized spacial score (nSPS) is 14.0. The Kier molecular flexibility index (Phi) is 6.95. The fourth-order valence-electron chi connectivity index (χ4n) is 3.12. The number of nitrogens with zero attached hydrogens (tertiary/aromatic N) is 1. The van der Waals surface area contributed by atoms with Gasteiger partial charge < -0.3 is 10.2 Å². The van der Waals surface area contributed by atoms with Crippen LogP contribution in [-0.4, -0.2) is 26.2 Å². The van der Waals surface area contributed by atoms with E-state index in [0.29, 0.717) is 0 Å². The number of anilines is 1. The van der Waals surface area contributed by atoms with Crippen LogP contribution in [0.2, 0.25) is 0 Å². The van der Waals surface area contributed by atoms with Crippen LogP contribution in [0, 0.1) is 0 Å². The summed E-state index contributed by atoms with van der Waals surface area (Å²) in [4.78, 5) is 2.48. The minimum absolute atomic E-state index is 0. The molecule has 0 radical (unpaired) electrons. The Morgan fingerprint density at radius 1 is 0.808 bits per heavy atom. The molecule has 1 fully saturated rings. The number of halogens is 2. The summed E-state index contributed by atoms with van der Waals surface area (Å²) in [6.45, 7) is 4.44. The number of fused-ring (bicyclic) bond motifs is 2. The van der Waals surface area contributed by atoms with Crippen molar-refractivity contribution in [3.8, 4) is 0 Å². The number of benzene rings is 2. The van der Waals surface area contributed by atoms with Gasteiger partial charge in [-0.25, -0.2) is 0 Å². The lowest BCUT2D eigenvalue weighted by molar-refractivity contribution is 0.590. The predicted octanol–water partition coefficient (Wildman–Crippen LogP) is 6.40. The Balaban J connectivity index is 0.000000156. The van der Waals surface area contributed by atoms with Crippen molar-refractivity contribution in [1.82, 2.24) is 5.32 Å². The van der Waals surface area contributed by atoms with E-state index >= 15 is 0 Å². The molecule has 0 saturated carbocycles. The molecule has 2 aromatic heterocycles. The Morgan fingerprint density at radius 3 is 2.12 bits per heavy atom. The maximum absolute atomic E-state index is 3.48. The van der Waals surface area contributed by atoms with Gasteiger partial charge in [0, 0.05) is 56.5 Å². The molecule has 0 amide bonds. The molecule has 0 spiro atoms. The molecule has 26 heavy (non-hydrogen) atoms. The standard InChI is InChI=1S/C12H14N2S.C8H5BrS.ClH/c1-2-11(14-7-5-13-6-8-14)10-4-9-15-12(10)3-1;9-7-2-1-3-8-6(7)4-5-10-8;/h1-4,9,13H,5-8H2;1-5H;1H. The van der Waals surface area contributed by atoms with Gasteiger partial charge in [0.25, 0.3) is 0 Å². The van der Waals surface area contributed by atoms with E-state index in [0.717, 1.165) is 26.2 Å². The van der Waals surface area contributed by atoms with Crippen molar-refractivity contribution in [2.24, 2.45) is 0 Å². The summed E-state index contributed by atoms with van der Waals surface area (Å²) in [5.41, 5.74) is 1.40. The van der Waals surface area contributed by atoms with E-state index in [4.69, 9.17) is 0 Å². The summed E-state index contributed by atoms with van der Waals surface area (Å²) in [7, 11) is 0. The van der Waals surface area contributed by atoms with Gasteiger partial charge in [0.15, 0.2) is 0 Å². The highest BCUT2D eigenvalue weighted by Crippen LogP contribution is 2.30. The van der Waals surface area contributed by atoms with Crippen LogP contribution >= 0.6 is 51.0 Å². The van der Waals surface area contributed by atoms with E-state index < -0.39 is 0 Å². The lowest BCUT2D eigenvalue weighted by Crippen LogP contribution is -2.43. The van der Waals surface area contributed by atoms with Gasteiger partial charge in [-0.2, -0.15) is 0 Å². The van der Waals surface area contributed by atoms with Gasteiger partial charge in [0.05, 0.1) is 0 Å². The van der Waals surface area contributed by atoms with E-state index in [2.05, 4.69) is 85.4 Å². The maximum atomic E-state index is 3.48. The molecule has 0 bridgehead atoms. The molecule has 3 heterocycles. The van der Waals surface area contributed by atoms with Crippen molar-refractivity contribution in [2.45, 2.75) is 0 Å². The highest BCUT2D eigenvalue weighted by Gasteiger charge is 2.12. The molecule has 1 N–H and O–H groups in total. The van der Waals surface area contributed by atoms with Crippen molar-refractivity contribution >= 4 is 76.9 Å². The van der Waals surface area contributed by atoms with Gasteiger partial charge in [0.2, 0.25) is 0 Å². The smallest absolute Gasteiger partial charge is 0.0455 e. The number of nitrogens with one attached hydrogen (secondary N) is 1. The molecule has 0 aliphatic carbocycles. The van der Waals surface area contributed by atoms with E-state index in [1.165, 1.54) is 30.3 Å². The second-order valence-corrected chi connectivity index (χ2v) is 8.67. The van der Waals surface area contributed by atoms with Crippen LogP contribution in [0.1, 0.15) is 0 Å². The molecule has 2 aromatic carbocycles. The van der Waals surface area contributed by atoms with Crippen LogP contribution < -0.4 is 10.2 Å². The summed E-state index contributed by atoms with van der Waals surface area (Å²) < 4.78 is 3.92. The fourth-order valence-corrected chi connectivity index (χ4v) is 5.37. The third-order valence-corrected chi connectivity index (χ3v) is 6.83. The van der Waals surface area contributed by atoms with Crippen LogP contribution in [0.25, 0.3) is 20.2 Å². The first kappa shape index (κ1) is 19.6. The predicted molar refractivity (Wildman–Crippen MR) is 124 cm³/mol. The molecule has 136 valence electrons. The third-order valence-electron chi connectivity index (χ3n) is 4.37. The van der Waals surface area contributed by atoms with Gasteiger partial charge in [-0.15, -0.1) is 35.1 Å². The lowest BCUT2D eigenvalue weighted by atomic mass is 10.2. The molecular weight excluding hydrogens is 448 g/mol. The van der Waals surface area contributed by atoms with Crippen molar-refractivity contribution in [3.05, 3.63) is 63.8 Å². The summed E-state index contributed by atoms with van der Waals surface area (Å²) in [6.07, 6.45) is 0. The van der Waals surface area contributed by atoms with Crippen molar-refractivity contribution in [2.75, 3.05) is 31.1 Å². The Labute approximate surface area is 176 Å². The second-order valence-electron chi connectivity index (χ2n) is 5.92. The zero-order valence-electron chi connectivity index (χ0n) is 14.2. The number of piperazine rings is 1. The van der Waals surface area contributed by atoms with Crippen LogP contribution in [0.3, 0.4) is 0 Å². The van der Waals surface area contributed by atoms with Crippen LogP contribution in [-0.2, 0) is 0 Å². The lowest BCUT2D eigenvalue weighted by Gasteiger charge is -2.30. The highest BCUT2D eigenvalue weighted by atomic mass is 79.9. The van der Waals surface area contributed by atoms with Gasteiger partial charge in [-0.1, -0.05) is 28.1 Å². The van der Waals surface area contributed by atoms with Crippen LogP contribution in [0.4, 0.5) is 5.69 Å². The minimum Gasteiger partial charge on any atom is -0.368 e. The summed E-state index contributed by atoms with van der Waals surface area (Å²) >= 11 is 7.08. The van der Waals surface area contributed by atoms with Crippen LogP contribution in [0.15, 0.2) is 63.8 Å². The molecule has 5 rings (SSSR count). The van der Waals surface area contributed by atoms with Crippen molar-refractivity contribution < 1.29 is 0 Å². The number of rotatable bonds is 1. The quantitative estimate of drug-likeness (QED) is 0.348. The van der Waals surface area contributed by atoms with E-state index in [1.807, 2.05) is 11.3 Å². The largest absolute Gasteiger partial charge is 0.368 e. The molecular formula is C20H20BrClN2S2. The second kappa shape index (κ2) is 9.20.